The predicted molar refractivity (Wildman–Crippen MR) is 125 cm³/mol. The van der Waals surface area contributed by atoms with Crippen LogP contribution in [0.1, 0.15) is 37.7 Å². The van der Waals surface area contributed by atoms with E-state index in [-0.39, 0.29) is 11.6 Å². The summed E-state index contributed by atoms with van der Waals surface area (Å²) in [6.45, 7) is 1.94. The Bertz CT molecular complexity index is 1140. The van der Waals surface area contributed by atoms with E-state index < -0.39 is 0 Å². The quantitative estimate of drug-likeness (QED) is 0.265. The summed E-state index contributed by atoms with van der Waals surface area (Å²) in [6.07, 6.45) is 3.20. The molecule has 0 saturated heterocycles. The molecule has 0 N–H and O–H groups in total. The Hall–Kier alpha value is -3.19. The molecular formula is C25H17IN2O2. The zero-order valence-corrected chi connectivity index (χ0v) is 18.3. The molecule has 4 nitrogen and oxygen atoms in total. The SMILES string of the molecule is Cc1ccc(-c2ccc(I)cc2C(=O)c2ccccn2)c(C(=O)c2ccccn2)c1. The molecule has 0 radical (unpaired) electrons. The monoisotopic (exact) mass is 504 g/mol. The molecule has 0 fully saturated rings. The number of benzene rings is 2. The average Bonchev–Trinajstić information content (AvgIpc) is 2.79. The van der Waals surface area contributed by atoms with Gasteiger partial charge in [-0.05, 0) is 83.1 Å². The van der Waals surface area contributed by atoms with Crippen LogP contribution in [0.2, 0.25) is 0 Å². The van der Waals surface area contributed by atoms with Crippen LogP contribution >= 0.6 is 22.6 Å². The molecule has 0 atom stereocenters. The van der Waals surface area contributed by atoms with Gasteiger partial charge >= 0.3 is 0 Å². The van der Waals surface area contributed by atoms with Crippen LogP contribution in [0.5, 0.6) is 0 Å². The number of aromatic nitrogens is 2. The van der Waals surface area contributed by atoms with E-state index >= 15 is 0 Å². The van der Waals surface area contributed by atoms with Gasteiger partial charge in [0.15, 0.2) is 0 Å². The lowest BCUT2D eigenvalue weighted by Gasteiger charge is -2.14. The molecular weight excluding hydrogens is 487 g/mol. The summed E-state index contributed by atoms with van der Waals surface area (Å²) in [5, 5.41) is 0. The summed E-state index contributed by atoms with van der Waals surface area (Å²) >= 11 is 2.18. The Balaban J connectivity index is 1.90. The summed E-state index contributed by atoms with van der Waals surface area (Å²) in [4.78, 5) is 34.9. The van der Waals surface area contributed by atoms with Gasteiger partial charge in [-0.1, -0.05) is 35.9 Å². The van der Waals surface area contributed by atoms with Gasteiger partial charge in [-0.15, -0.1) is 0 Å². The normalized spacial score (nSPS) is 10.6. The summed E-state index contributed by atoms with van der Waals surface area (Å²) < 4.78 is 0.931. The van der Waals surface area contributed by atoms with E-state index in [4.69, 9.17) is 0 Å². The molecule has 0 saturated carbocycles. The molecule has 0 unspecified atom stereocenters. The number of aryl methyl sites for hydroxylation is 1. The van der Waals surface area contributed by atoms with E-state index in [0.717, 1.165) is 9.13 Å². The highest BCUT2D eigenvalue weighted by molar-refractivity contribution is 14.1. The Labute approximate surface area is 188 Å². The van der Waals surface area contributed by atoms with Crippen LogP contribution in [0.3, 0.4) is 0 Å². The first-order valence-electron chi connectivity index (χ1n) is 9.36. The van der Waals surface area contributed by atoms with Gasteiger partial charge in [0.1, 0.15) is 11.4 Å². The van der Waals surface area contributed by atoms with Crippen LogP contribution in [-0.2, 0) is 0 Å². The number of halogens is 1. The molecule has 2 aromatic carbocycles. The smallest absolute Gasteiger partial charge is 0.211 e. The molecule has 5 heteroatoms. The third-order valence-corrected chi connectivity index (χ3v) is 5.40. The number of carbonyl (C=O) groups is 2. The van der Waals surface area contributed by atoms with Gasteiger partial charge in [-0.2, -0.15) is 0 Å². The molecule has 4 aromatic rings. The lowest BCUT2D eigenvalue weighted by molar-refractivity contribution is 0.102. The maximum absolute atomic E-state index is 13.2. The van der Waals surface area contributed by atoms with Crippen molar-refractivity contribution in [2.75, 3.05) is 0 Å². The highest BCUT2D eigenvalue weighted by atomic mass is 127. The molecule has 0 aliphatic heterocycles. The summed E-state index contributed by atoms with van der Waals surface area (Å²) in [7, 11) is 0. The van der Waals surface area contributed by atoms with Crippen molar-refractivity contribution < 1.29 is 9.59 Å². The van der Waals surface area contributed by atoms with Gasteiger partial charge in [-0.3, -0.25) is 19.6 Å². The minimum Gasteiger partial charge on any atom is -0.287 e. The van der Waals surface area contributed by atoms with Gasteiger partial charge in [-0.25, -0.2) is 0 Å². The third-order valence-electron chi connectivity index (χ3n) is 4.73. The predicted octanol–water partition coefficient (Wildman–Crippen LogP) is 5.52. The van der Waals surface area contributed by atoms with E-state index in [9.17, 15) is 9.59 Å². The molecule has 146 valence electrons. The molecule has 4 rings (SSSR count). The first-order valence-corrected chi connectivity index (χ1v) is 10.4. The van der Waals surface area contributed by atoms with Crippen molar-refractivity contribution in [3.8, 4) is 11.1 Å². The van der Waals surface area contributed by atoms with Crippen molar-refractivity contribution in [3.05, 3.63) is 117 Å². The minimum atomic E-state index is -0.180. The van der Waals surface area contributed by atoms with Crippen LogP contribution in [0, 0.1) is 10.5 Å². The zero-order valence-electron chi connectivity index (χ0n) is 16.2. The summed E-state index contributed by atoms with van der Waals surface area (Å²) in [6, 6.07) is 21.8. The van der Waals surface area contributed by atoms with E-state index in [1.807, 2.05) is 43.3 Å². The minimum absolute atomic E-state index is 0.177. The number of rotatable bonds is 5. The molecule has 0 aliphatic carbocycles. The molecule has 2 aromatic heterocycles. The molecule has 0 bridgehead atoms. The van der Waals surface area contributed by atoms with Crippen molar-refractivity contribution in [1.29, 1.82) is 0 Å². The van der Waals surface area contributed by atoms with Crippen LogP contribution in [0.25, 0.3) is 11.1 Å². The molecule has 0 spiro atoms. The van der Waals surface area contributed by atoms with E-state index in [2.05, 4.69) is 32.6 Å². The maximum Gasteiger partial charge on any atom is 0.211 e. The first kappa shape index (κ1) is 20.1. The van der Waals surface area contributed by atoms with E-state index in [1.165, 1.54) is 0 Å². The number of nitrogens with zero attached hydrogens (tertiary/aromatic N) is 2. The second-order valence-electron chi connectivity index (χ2n) is 6.83. The van der Waals surface area contributed by atoms with E-state index in [0.29, 0.717) is 33.6 Å². The van der Waals surface area contributed by atoms with Gasteiger partial charge in [0.25, 0.3) is 0 Å². The zero-order chi connectivity index (χ0) is 21.1. The van der Waals surface area contributed by atoms with Crippen molar-refractivity contribution in [2.45, 2.75) is 6.92 Å². The first-order chi connectivity index (χ1) is 14.5. The fraction of sp³-hybridized carbons (Fsp3) is 0.0400. The molecule has 2 heterocycles. The van der Waals surface area contributed by atoms with Crippen LogP contribution in [0.15, 0.2) is 85.2 Å². The van der Waals surface area contributed by atoms with E-state index in [1.54, 1.807) is 48.8 Å². The van der Waals surface area contributed by atoms with Crippen molar-refractivity contribution >= 4 is 34.2 Å². The van der Waals surface area contributed by atoms with Crippen molar-refractivity contribution in [1.82, 2.24) is 9.97 Å². The maximum atomic E-state index is 13.2. The second kappa shape index (κ2) is 8.67. The fourth-order valence-electron chi connectivity index (χ4n) is 3.29. The van der Waals surface area contributed by atoms with Gasteiger partial charge < -0.3 is 0 Å². The third kappa shape index (κ3) is 4.07. The lowest BCUT2D eigenvalue weighted by Crippen LogP contribution is -2.09. The fourth-order valence-corrected chi connectivity index (χ4v) is 3.78. The van der Waals surface area contributed by atoms with Crippen LogP contribution < -0.4 is 0 Å². The Kier molecular flexibility index (Phi) is 5.81. The summed E-state index contributed by atoms with van der Waals surface area (Å²) in [5.74, 6) is -0.356. The Morgan fingerprint density at radius 1 is 0.700 bits per heavy atom. The molecule has 0 amide bonds. The average molecular weight is 504 g/mol. The highest BCUT2D eigenvalue weighted by Gasteiger charge is 2.21. The standard InChI is InChI=1S/C25H17IN2O2/c1-16-8-10-18(20(14-16)24(29)22-6-2-4-12-27-22)19-11-9-17(26)15-21(19)25(30)23-7-3-5-13-28-23/h2-15H,1H3. The highest BCUT2D eigenvalue weighted by Crippen LogP contribution is 2.31. The van der Waals surface area contributed by atoms with Crippen molar-refractivity contribution in [2.24, 2.45) is 0 Å². The number of hydrogen-bond donors (Lipinski definition) is 0. The van der Waals surface area contributed by atoms with Crippen LogP contribution in [-0.4, -0.2) is 21.5 Å². The van der Waals surface area contributed by atoms with Gasteiger partial charge in [0.05, 0.1) is 0 Å². The Morgan fingerprint density at radius 3 is 1.77 bits per heavy atom. The molecule has 30 heavy (non-hydrogen) atoms. The van der Waals surface area contributed by atoms with Gasteiger partial charge in [0, 0.05) is 27.1 Å². The number of ketones is 2. The number of carbonyl (C=O) groups excluding carboxylic acids is 2. The summed E-state index contributed by atoms with van der Waals surface area (Å²) in [5.41, 5.74) is 4.13. The number of hydrogen-bond acceptors (Lipinski definition) is 4. The topological polar surface area (TPSA) is 59.9 Å². The number of pyridine rings is 2. The Morgan fingerprint density at radius 2 is 1.23 bits per heavy atom. The van der Waals surface area contributed by atoms with Gasteiger partial charge in [0.2, 0.25) is 11.6 Å². The lowest BCUT2D eigenvalue weighted by atomic mass is 9.89. The largest absolute Gasteiger partial charge is 0.287 e. The second-order valence-corrected chi connectivity index (χ2v) is 8.07. The molecule has 0 aliphatic rings. The van der Waals surface area contributed by atoms with Crippen molar-refractivity contribution in [3.63, 3.8) is 0 Å². The van der Waals surface area contributed by atoms with Crippen LogP contribution in [0.4, 0.5) is 0 Å².